The normalized spacial score (nSPS) is 16.2. The molecule has 1 saturated carbocycles. The third-order valence-corrected chi connectivity index (χ3v) is 5.17. The molecule has 1 fully saturated rings. The van der Waals surface area contributed by atoms with Crippen molar-refractivity contribution in [2.24, 2.45) is 4.99 Å². The van der Waals surface area contributed by atoms with Gasteiger partial charge in [-0.1, -0.05) is 30.9 Å². The molecule has 3 nitrogen and oxygen atoms in total. The molecule has 3 heteroatoms. The molecule has 134 valence electrons. The van der Waals surface area contributed by atoms with Crippen molar-refractivity contribution in [3.05, 3.63) is 59.5 Å². The van der Waals surface area contributed by atoms with Crippen LogP contribution in [0.2, 0.25) is 0 Å². The third kappa shape index (κ3) is 3.52. The lowest BCUT2D eigenvalue weighted by molar-refractivity contribution is 0.415. The summed E-state index contributed by atoms with van der Waals surface area (Å²) in [5.74, 6) is 1.69. The van der Waals surface area contributed by atoms with Gasteiger partial charge in [0.15, 0.2) is 0 Å². The topological polar surface area (TPSA) is 34.7 Å². The second-order valence-corrected chi connectivity index (χ2v) is 7.14. The zero-order valence-corrected chi connectivity index (χ0v) is 15.5. The molecule has 0 N–H and O–H groups in total. The average Bonchev–Trinajstić information content (AvgIpc) is 2.69. The Kier molecular flexibility index (Phi) is 4.79. The number of aryl methyl sites for hydroxylation is 1. The van der Waals surface area contributed by atoms with E-state index in [2.05, 4.69) is 31.2 Å². The predicted octanol–water partition coefficient (Wildman–Crippen LogP) is 5.65. The van der Waals surface area contributed by atoms with Gasteiger partial charge in [0.2, 0.25) is 0 Å². The van der Waals surface area contributed by atoms with Gasteiger partial charge in [-0.15, -0.1) is 0 Å². The van der Waals surface area contributed by atoms with E-state index in [0.29, 0.717) is 6.04 Å². The third-order valence-electron chi connectivity index (χ3n) is 5.17. The molecule has 0 aliphatic heterocycles. The maximum absolute atomic E-state index is 6.21. The van der Waals surface area contributed by atoms with Gasteiger partial charge in [-0.3, -0.25) is 4.99 Å². The van der Waals surface area contributed by atoms with Crippen LogP contribution in [-0.2, 0) is 0 Å². The van der Waals surface area contributed by atoms with Crippen LogP contribution in [0.3, 0.4) is 0 Å². The lowest BCUT2D eigenvalue weighted by Gasteiger charge is -2.17. The molecule has 0 radical (unpaired) electrons. The maximum Gasteiger partial charge on any atom is 0.136 e. The molecule has 4 rings (SSSR count). The lowest BCUT2D eigenvalue weighted by atomic mass is 9.96. The van der Waals surface area contributed by atoms with Gasteiger partial charge < -0.3 is 9.15 Å². The van der Waals surface area contributed by atoms with Gasteiger partial charge in [-0.05, 0) is 56.2 Å². The first-order valence-corrected chi connectivity index (χ1v) is 9.46. The molecule has 0 saturated heterocycles. The zero-order chi connectivity index (χ0) is 17.9. The van der Waals surface area contributed by atoms with E-state index in [0.717, 1.165) is 33.4 Å². The number of ether oxygens (including phenoxy) is 1. The summed E-state index contributed by atoms with van der Waals surface area (Å²) in [6.45, 7) is 2.11. The Balaban J connectivity index is 1.86. The second-order valence-electron chi connectivity index (χ2n) is 7.14. The van der Waals surface area contributed by atoms with Gasteiger partial charge in [0, 0.05) is 17.0 Å². The highest BCUT2D eigenvalue weighted by Crippen LogP contribution is 2.26. The molecular weight excluding hydrogens is 322 g/mol. The fourth-order valence-corrected chi connectivity index (χ4v) is 3.69. The minimum Gasteiger partial charge on any atom is -0.497 e. The van der Waals surface area contributed by atoms with E-state index in [1.54, 1.807) is 7.11 Å². The summed E-state index contributed by atoms with van der Waals surface area (Å²) >= 11 is 0. The molecule has 0 unspecified atom stereocenters. The Morgan fingerprint density at radius 3 is 2.46 bits per heavy atom. The van der Waals surface area contributed by atoms with E-state index in [-0.39, 0.29) is 0 Å². The monoisotopic (exact) mass is 347 g/mol. The SMILES string of the molecule is COc1ccc(-c2cc(=NC3CCCCC3)c3cc(C)ccc3o2)cc1. The van der Waals surface area contributed by atoms with Crippen molar-refractivity contribution in [3.8, 4) is 17.1 Å². The largest absolute Gasteiger partial charge is 0.497 e. The fourth-order valence-electron chi connectivity index (χ4n) is 3.69. The van der Waals surface area contributed by atoms with Gasteiger partial charge in [0.05, 0.1) is 18.5 Å². The molecule has 0 bridgehead atoms. The fraction of sp³-hybridized carbons (Fsp3) is 0.348. The van der Waals surface area contributed by atoms with E-state index in [1.807, 2.05) is 24.3 Å². The summed E-state index contributed by atoms with van der Waals surface area (Å²) in [5, 5.41) is 2.15. The first kappa shape index (κ1) is 16.9. The van der Waals surface area contributed by atoms with Crippen LogP contribution in [0.15, 0.2) is 57.9 Å². The first-order valence-electron chi connectivity index (χ1n) is 9.46. The van der Waals surface area contributed by atoms with Crippen LogP contribution < -0.4 is 10.1 Å². The van der Waals surface area contributed by atoms with Crippen LogP contribution in [0.25, 0.3) is 22.3 Å². The molecular formula is C23H25NO2. The molecule has 0 amide bonds. The highest BCUT2D eigenvalue weighted by atomic mass is 16.5. The zero-order valence-electron chi connectivity index (χ0n) is 15.5. The Morgan fingerprint density at radius 1 is 0.962 bits per heavy atom. The number of methoxy groups -OCH3 is 1. The minimum absolute atomic E-state index is 0.429. The summed E-state index contributed by atoms with van der Waals surface area (Å²) in [6, 6.07) is 16.8. The van der Waals surface area contributed by atoms with Gasteiger partial charge in [0.1, 0.15) is 17.1 Å². The molecule has 3 aromatic rings. The van der Waals surface area contributed by atoms with E-state index >= 15 is 0 Å². The second kappa shape index (κ2) is 7.36. The Morgan fingerprint density at radius 2 is 1.73 bits per heavy atom. The molecule has 1 aliphatic rings. The van der Waals surface area contributed by atoms with E-state index < -0.39 is 0 Å². The smallest absolute Gasteiger partial charge is 0.136 e. The molecule has 1 aromatic heterocycles. The van der Waals surface area contributed by atoms with Crippen LogP contribution >= 0.6 is 0 Å². The number of nitrogens with zero attached hydrogens (tertiary/aromatic N) is 1. The number of rotatable bonds is 3. The highest BCUT2D eigenvalue weighted by molar-refractivity contribution is 5.79. The van der Waals surface area contributed by atoms with E-state index in [4.69, 9.17) is 14.1 Å². The van der Waals surface area contributed by atoms with Crippen molar-refractivity contribution in [3.63, 3.8) is 0 Å². The summed E-state index contributed by atoms with van der Waals surface area (Å²) in [7, 11) is 1.68. The van der Waals surface area contributed by atoms with E-state index in [1.165, 1.54) is 37.7 Å². The van der Waals surface area contributed by atoms with Crippen LogP contribution in [0, 0.1) is 6.92 Å². The molecule has 0 atom stereocenters. The van der Waals surface area contributed by atoms with Crippen LogP contribution in [0.1, 0.15) is 37.7 Å². The van der Waals surface area contributed by atoms with E-state index in [9.17, 15) is 0 Å². The van der Waals surface area contributed by atoms with Gasteiger partial charge in [-0.25, -0.2) is 0 Å². The van der Waals surface area contributed by atoms with Gasteiger partial charge in [-0.2, -0.15) is 0 Å². The molecule has 1 aliphatic carbocycles. The summed E-state index contributed by atoms with van der Waals surface area (Å²) in [4.78, 5) is 5.12. The summed E-state index contributed by atoms with van der Waals surface area (Å²) in [5.41, 5.74) is 3.15. The standard InChI is InChI=1S/C23H25NO2/c1-16-8-13-22-20(14-16)21(24-18-6-4-3-5-7-18)15-23(26-22)17-9-11-19(25-2)12-10-17/h8-15,18H,3-7H2,1-2H3. The van der Waals surface area contributed by atoms with Crippen molar-refractivity contribution in [2.75, 3.05) is 7.11 Å². The van der Waals surface area contributed by atoms with Crippen LogP contribution in [-0.4, -0.2) is 13.2 Å². The number of hydrogen-bond donors (Lipinski definition) is 0. The first-order chi connectivity index (χ1) is 12.7. The van der Waals surface area contributed by atoms with Crippen molar-refractivity contribution < 1.29 is 9.15 Å². The summed E-state index contributed by atoms with van der Waals surface area (Å²) in [6.07, 6.45) is 6.29. The summed E-state index contributed by atoms with van der Waals surface area (Å²) < 4.78 is 11.5. The average molecular weight is 347 g/mol. The molecule has 26 heavy (non-hydrogen) atoms. The molecule has 2 aromatic carbocycles. The minimum atomic E-state index is 0.429. The Labute approximate surface area is 154 Å². The number of benzene rings is 2. The molecule has 1 heterocycles. The quantitative estimate of drug-likeness (QED) is 0.613. The predicted molar refractivity (Wildman–Crippen MR) is 105 cm³/mol. The number of fused-ring (bicyclic) bond motifs is 1. The van der Waals surface area contributed by atoms with Crippen molar-refractivity contribution in [2.45, 2.75) is 45.1 Å². The number of hydrogen-bond acceptors (Lipinski definition) is 3. The Hall–Kier alpha value is -2.55. The van der Waals surface area contributed by atoms with Crippen LogP contribution in [0.4, 0.5) is 0 Å². The van der Waals surface area contributed by atoms with Crippen molar-refractivity contribution >= 4 is 11.0 Å². The van der Waals surface area contributed by atoms with Gasteiger partial charge in [0.25, 0.3) is 0 Å². The Bertz CT molecular complexity index is 964. The van der Waals surface area contributed by atoms with Crippen molar-refractivity contribution in [1.29, 1.82) is 0 Å². The molecule has 0 spiro atoms. The van der Waals surface area contributed by atoms with Gasteiger partial charge >= 0.3 is 0 Å². The maximum atomic E-state index is 6.21. The highest BCUT2D eigenvalue weighted by Gasteiger charge is 2.13. The van der Waals surface area contributed by atoms with Crippen molar-refractivity contribution in [1.82, 2.24) is 0 Å². The van der Waals surface area contributed by atoms with Crippen LogP contribution in [0.5, 0.6) is 5.75 Å². The lowest BCUT2D eigenvalue weighted by Crippen LogP contribution is -2.15.